The maximum atomic E-state index is 12.5. The Kier molecular flexibility index (Phi) is 11.0. The third-order valence-corrected chi connectivity index (χ3v) is 8.82. The first-order valence-electron chi connectivity index (χ1n) is 13.6. The van der Waals surface area contributed by atoms with Crippen molar-refractivity contribution in [3.63, 3.8) is 0 Å². The first-order chi connectivity index (χ1) is 18.0. The Morgan fingerprint density at radius 2 is 1.76 bits per heavy atom. The average Bonchev–Trinajstić information content (AvgIpc) is 3.53. The van der Waals surface area contributed by atoms with Gasteiger partial charge >= 0.3 is 6.18 Å². The highest BCUT2D eigenvalue weighted by molar-refractivity contribution is 7.98. The van der Waals surface area contributed by atoms with E-state index in [4.69, 9.17) is 5.73 Å². The number of hydrogen-bond acceptors (Lipinski definition) is 2. The van der Waals surface area contributed by atoms with Gasteiger partial charge in [-0.05, 0) is 110 Å². The van der Waals surface area contributed by atoms with Crippen LogP contribution in [0.2, 0.25) is 0 Å². The molecule has 2 aromatic rings. The second-order valence-electron chi connectivity index (χ2n) is 10.9. The lowest BCUT2D eigenvalue weighted by atomic mass is 9.76. The van der Waals surface area contributed by atoms with Gasteiger partial charge in [0.2, 0.25) is 0 Å². The third-order valence-electron chi connectivity index (χ3n) is 8.07. The summed E-state index contributed by atoms with van der Waals surface area (Å²) in [7, 11) is 0. The van der Waals surface area contributed by atoms with Crippen molar-refractivity contribution in [2.45, 2.75) is 87.6 Å². The Hall–Kier alpha value is -2.21. The Morgan fingerprint density at radius 1 is 1.05 bits per heavy atom. The van der Waals surface area contributed by atoms with Gasteiger partial charge in [0, 0.05) is 16.5 Å². The summed E-state index contributed by atoms with van der Waals surface area (Å²) in [6.07, 6.45) is 6.69. The van der Waals surface area contributed by atoms with Gasteiger partial charge in [0.15, 0.2) is 0 Å². The van der Waals surface area contributed by atoms with E-state index in [9.17, 15) is 17.6 Å². The largest absolute Gasteiger partial charge is 0.402 e. The fraction of sp³-hybridized carbons (Fsp3) is 0.500. The quantitative estimate of drug-likeness (QED) is 0.234. The molecule has 208 valence electrons. The van der Waals surface area contributed by atoms with Crippen LogP contribution in [0.4, 0.5) is 17.6 Å². The number of benzene rings is 2. The highest BCUT2D eigenvalue weighted by Crippen LogP contribution is 2.47. The van der Waals surface area contributed by atoms with E-state index in [0.29, 0.717) is 11.8 Å². The van der Waals surface area contributed by atoms with Crippen molar-refractivity contribution < 1.29 is 17.6 Å². The van der Waals surface area contributed by atoms with E-state index in [2.05, 4.69) is 19.2 Å². The molecular weight excluding hydrogens is 506 g/mol. The van der Waals surface area contributed by atoms with Crippen molar-refractivity contribution >= 4 is 11.8 Å². The molecule has 4 unspecified atom stereocenters. The van der Waals surface area contributed by atoms with Crippen LogP contribution in [0.1, 0.15) is 86.8 Å². The van der Waals surface area contributed by atoms with Gasteiger partial charge in [-0.1, -0.05) is 50.3 Å². The summed E-state index contributed by atoms with van der Waals surface area (Å²) in [4.78, 5) is 1.09. The predicted octanol–water partition coefficient (Wildman–Crippen LogP) is 9.94. The molecule has 2 saturated carbocycles. The zero-order valence-corrected chi connectivity index (χ0v) is 23.4. The molecule has 38 heavy (non-hydrogen) atoms. The smallest absolute Gasteiger partial charge is 0.389 e. The number of rotatable bonds is 4. The lowest BCUT2D eigenvalue weighted by Crippen LogP contribution is -2.17. The first-order valence-corrected chi connectivity index (χ1v) is 14.8. The number of thioether (sulfide) groups is 1. The number of allylic oxidation sites excluding steroid dienone is 2. The SMILES string of the molecule is C=C1CCC(C(=C)N)C1.CC(CC(F)(F)F)c1ccc2c(c1)CCC1CCCC21.CSc1ccc(F)cc1. The average molecular weight is 548 g/mol. The standard InChI is InChI=1S/C17H21F3.C8H13N.C7H7FS/c1-11(10-17(18,19)20)13-7-8-16-14(9-13)6-5-12-3-2-4-15(12)16;1-6-3-4-8(5-6)7(2)9;1-9-7-4-2-6(8)3-5-7/h7-9,11-12,15H,2-6,10H2,1H3;8H,1-5,9H2;2-5H,1H3. The maximum Gasteiger partial charge on any atom is 0.389 e. The number of hydrogen-bond donors (Lipinski definition) is 1. The topological polar surface area (TPSA) is 26.0 Å². The van der Waals surface area contributed by atoms with Gasteiger partial charge in [-0.3, -0.25) is 0 Å². The number of fused-ring (bicyclic) bond motifs is 3. The minimum atomic E-state index is -4.08. The summed E-state index contributed by atoms with van der Waals surface area (Å²) in [5.41, 5.74) is 11.2. The fourth-order valence-electron chi connectivity index (χ4n) is 5.93. The minimum absolute atomic E-state index is 0.173. The summed E-state index contributed by atoms with van der Waals surface area (Å²) in [5.74, 6) is 1.40. The van der Waals surface area contributed by atoms with Gasteiger partial charge in [-0.2, -0.15) is 13.2 Å². The molecule has 2 aromatic carbocycles. The summed E-state index contributed by atoms with van der Waals surface area (Å²) < 4.78 is 49.7. The molecule has 0 bridgehead atoms. The zero-order valence-electron chi connectivity index (χ0n) is 22.6. The van der Waals surface area contributed by atoms with Gasteiger partial charge in [-0.15, -0.1) is 11.8 Å². The van der Waals surface area contributed by atoms with E-state index in [-0.39, 0.29) is 5.82 Å². The van der Waals surface area contributed by atoms with Crippen LogP contribution >= 0.6 is 11.8 Å². The molecule has 0 heterocycles. The molecule has 2 N–H and O–H groups in total. The van der Waals surface area contributed by atoms with Crippen molar-refractivity contribution in [2.24, 2.45) is 17.6 Å². The first kappa shape index (κ1) is 30.3. The molecule has 0 aromatic heterocycles. The Morgan fingerprint density at radius 3 is 2.32 bits per heavy atom. The number of nitrogens with two attached hydrogens (primary N) is 1. The van der Waals surface area contributed by atoms with E-state index in [1.165, 1.54) is 54.5 Å². The van der Waals surface area contributed by atoms with Crippen LogP contribution in [0.15, 0.2) is 71.8 Å². The van der Waals surface area contributed by atoms with E-state index < -0.39 is 18.5 Å². The van der Waals surface area contributed by atoms with Crippen molar-refractivity contribution in [3.8, 4) is 0 Å². The van der Waals surface area contributed by atoms with Gasteiger partial charge < -0.3 is 5.73 Å². The predicted molar refractivity (Wildman–Crippen MR) is 152 cm³/mol. The second-order valence-corrected chi connectivity index (χ2v) is 11.8. The summed E-state index contributed by atoms with van der Waals surface area (Å²) in [6.45, 7) is 9.28. The lowest BCUT2D eigenvalue weighted by molar-refractivity contribution is -0.137. The van der Waals surface area contributed by atoms with E-state index in [1.807, 2.05) is 18.4 Å². The van der Waals surface area contributed by atoms with Gasteiger partial charge in [-0.25, -0.2) is 4.39 Å². The molecule has 0 amide bonds. The molecule has 0 aliphatic heterocycles. The summed E-state index contributed by atoms with van der Waals surface area (Å²) in [5, 5.41) is 0. The molecule has 2 fully saturated rings. The summed E-state index contributed by atoms with van der Waals surface area (Å²) >= 11 is 1.61. The van der Waals surface area contributed by atoms with Crippen LogP contribution < -0.4 is 5.73 Å². The molecule has 3 aliphatic carbocycles. The monoisotopic (exact) mass is 547 g/mol. The molecule has 3 aliphatic rings. The van der Waals surface area contributed by atoms with Crippen LogP contribution in [-0.2, 0) is 6.42 Å². The van der Waals surface area contributed by atoms with E-state index in [0.717, 1.165) is 47.8 Å². The van der Waals surface area contributed by atoms with Crippen LogP contribution in [0, 0.1) is 17.7 Å². The fourth-order valence-corrected chi connectivity index (χ4v) is 6.33. The molecule has 0 radical (unpaired) electrons. The third kappa shape index (κ3) is 8.93. The van der Waals surface area contributed by atoms with Crippen LogP contribution in [0.5, 0.6) is 0 Å². The molecule has 4 atom stereocenters. The number of alkyl halides is 3. The molecule has 6 heteroatoms. The van der Waals surface area contributed by atoms with Crippen LogP contribution in [0.25, 0.3) is 0 Å². The van der Waals surface area contributed by atoms with E-state index >= 15 is 0 Å². The number of aryl methyl sites for hydroxylation is 1. The zero-order chi connectivity index (χ0) is 27.9. The lowest BCUT2D eigenvalue weighted by Gasteiger charge is -2.29. The van der Waals surface area contributed by atoms with E-state index in [1.54, 1.807) is 30.8 Å². The Labute approximate surface area is 230 Å². The summed E-state index contributed by atoms with van der Waals surface area (Å²) in [6, 6.07) is 12.5. The maximum absolute atomic E-state index is 12.5. The van der Waals surface area contributed by atoms with Gasteiger partial charge in [0.1, 0.15) is 5.82 Å². The molecule has 5 rings (SSSR count). The van der Waals surface area contributed by atoms with Gasteiger partial charge in [0.25, 0.3) is 0 Å². The second kappa shape index (κ2) is 13.7. The Bertz CT molecular complexity index is 1080. The highest BCUT2D eigenvalue weighted by atomic mass is 32.2. The van der Waals surface area contributed by atoms with Gasteiger partial charge in [0.05, 0.1) is 6.42 Å². The normalized spacial score (nSPS) is 22.8. The van der Waals surface area contributed by atoms with Crippen molar-refractivity contribution in [1.82, 2.24) is 0 Å². The molecule has 0 saturated heterocycles. The molecule has 0 spiro atoms. The molecule has 1 nitrogen and oxygen atoms in total. The van der Waals surface area contributed by atoms with Crippen LogP contribution in [-0.4, -0.2) is 12.4 Å². The minimum Gasteiger partial charge on any atom is -0.402 e. The van der Waals surface area contributed by atoms with Crippen molar-refractivity contribution in [3.05, 3.63) is 89.4 Å². The number of halogens is 4. The van der Waals surface area contributed by atoms with Crippen LogP contribution in [0.3, 0.4) is 0 Å². The molecular formula is C32H41F4NS. The Balaban J connectivity index is 0.000000184. The highest BCUT2D eigenvalue weighted by Gasteiger charge is 2.34. The van der Waals surface area contributed by atoms with Crippen molar-refractivity contribution in [2.75, 3.05) is 6.26 Å². The van der Waals surface area contributed by atoms with Crippen molar-refractivity contribution in [1.29, 1.82) is 0 Å².